The highest BCUT2D eigenvalue weighted by Crippen LogP contribution is 2.16. The molecule has 2 unspecified atom stereocenters. The van der Waals surface area contributed by atoms with Crippen LogP contribution in [0.3, 0.4) is 0 Å². The SMILES string of the molecule is C=C/C=C\C(C)NC(=O)C/C=C\N1C(C)=CC(OC)=NC1C. The molecule has 0 radical (unpaired) electrons. The number of allylic oxidation sites excluding steroid dienone is 3. The molecular formula is C17H25N3O2. The Balaban J connectivity index is 2.51. The van der Waals surface area contributed by atoms with Crippen LogP contribution in [-0.2, 0) is 9.53 Å². The highest BCUT2D eigenvalue weighted by molar-refractivity contribution is 5.89. The van der Waals surface area contributed by atoms with Gasteiger partial charge in [0.15, 0.2) is 0 Å². The van der Waals surface area contributed by atoms with Gasteiger partial charge in [-0.3, -0.25) is 4.79 Å². The van der Waals surface area contributed by atoms with Crippen molar-refractivity contribution in [1.29, 1.82) is 0 Å². The number of carbonyl (C=O) groups excluding carboxylic acids is 1. The van der Waals surface area contributed by atoms with E-state index in [1.165, 1.54) is 0 Å². The molecule has 5 heteroatoms. The number of aliphatic imine (C=N–C) groups is 1. The summed E-state index contributed by atoms with van der Waals surface area (Å²) < 4.78 is 5.14. The minimum atomic E-state index is -0.0475. The van der Waals surface area contributed by atoms with Gasteiger partial charge in [-0.1, -0.05) is 30.9 Å². The van der Waals surface area contributed by atoms with E-state index in [0.717, 1.165) is 5.70 Å². The van der Waals surface area contributed by atoms with Crippen molar-refractivity contribution in [3.8, 4) is 0 Å². The monoisotopic (exact) mass is 303 g/mol. The molecule has 0 aromatic rings. The number of hydrogen-bond acceptors (Lipinski definition) is 4. The summed E-state index contributed by atoms with van der Waals surface area (Å²) in [5, 5.41) is 2.89. The first-order valence-electron chi connectivity index (χ1n) is 7.31. The zero-order valence-corrected chi connectivity index (χ0v) is 13.7. The molecule has 1 aliphatic heterocycles. The van der Waals surface area contributed by atoms with Crippen molar-refractivity contribution in [2.45, 2.75) is 39.4 Å². The fourth-order valence-corrected chi connectivity index (χ4v) is 2.06. The van der Waals surface area contributed by atoms with Crippen molar-refractivity contribution in [3.05, 3.63) is 48.9 Å². The maximum atomic E-state index is 11.8. The molecule has 1 aliphatic rings. The summed E-state index contributed by atoms with van der Waals surface area (Å²) in [6, 6.07) is -0.0108. The van der Waals surface area contributed by atoms with Crippen LogP contribution in [0, 0.1) is 0 Å². The van der Waals surface area contributed by atoms with Gasteiger partial charge in [-0.05, 0) is 20.8 Å². The molecule has 0 fully saturated rings. The highest BCUT2D eigenvalue weighted by Gasteiger charge is 2.17. The summed E-state index contributed by atoms with van der Waals surface area (Å²) in [5.74, 6) is 0.597. The summed E-state index contributed by atoms with van der Waals surface area (Å²) >= 11 is 0. The number of amides is 1. The number of carbonyl (C=O) groups is 1. The molecule has 1 heterocycles. The van der Waals surface area contributed by atoms with Gasteiger partial charge in [-0.15, -0.1) is 0 Å². The van der Waals surface area contributed by atoms with Crippen molar-refractivity contribution in [1.82, 2.24) is 10.2 Å². The molecule has 0 saturated carbocycles. The maximum absolute atomic E-state index is 11.8. The van der Waals surface area contributed by atoms with Crippen molar-refractivity contribution >= 4 is 11.8 Å². The first-order valence-corrected chi connectivity index (χ1v) is 7.31. The minimum Gasteiger partial charge on any atom is -0.481 e. The van der Waals surface area contributed by atoms with Crippen molar-refractivity contribution in [3.63, 3.8) is 0 Å². The van der Waals surface area contributed by atoms with Gasteiger partial charge in [0.05, 0.1) is 7.11 Å². The highest BCUT2D eigenvalue weighted by atomic mass is 16.5. The average molecular weight is 303 g/mol. The second-order valence-corrected chi connectivity index (χ2v) is 5.06. The molecule has 0 aromatic heterocycles. The van der Waals surface area contributed by atoms with Crippen LogP contribution in [-0.4, -0.2) is 36.0 Å². The largest absolute Gasteiger partial charge is 0.481 e. The van der Waals surface area contributed by atoms with Crippen LogP contribution in [0.5, 0.6) is 0 Å². The number of methoxy groups -OCH3 is 1. The molecule has 22 heavy (non-hydrogen) atoms. The van der Waals surface area contributed by atoms with Gasteiger partial charge in [-0.25, -0.2) is 4.99 Å². The second-order valence-electron chi connectivity index (χ2n) is 5.06. The molecule has 0 bridgehead atoms. The second kappa shape index (κ2) is 8.87. The van der Waals surface area contributed by atoms with E-state index in [0.29, 0.717) is 12.3 Å². The molecule has 0 aliphatic carbocycles. The van der Waals surface area contributed by atoms with Crippen molar-refractivity contribution in [2.75, 3.05) is 7.11 Å². The van der Waals surface area contributed by atoms with E-state index in [4.69, 9.17) is 4.74 Å². The summed E-state index contributed by atoms with van der Waals surface area (Å²) in [6.07, 6.45) is 11.2. The Labute approximate surface area is 132 Å². The van der Waals surface area contributed by atoms with Gasteiger partial charge >= 0.3 is 0 Å². The van der Waals surface area contributed by atoms with Crippen LogP contribution < -0.4 is 5.32 Å². The number of rotatable bonds is 6. The zero-order chi connectivity index (χ0) is 16.5. The molecule has 5 nitrogen and oxygen atoms in total. The van der Waals surface area contributed by atoms with E-state index >= 15 is 0 Å². The van der Waals surface area contributed by atoms with Gasteiger partial charge in [0.25, 0.3) is 0 Å². The third kappa shape index (κ3) is 5.60. The number of hydrogen-bond donors (Lipinski definition) is 1. The molecule has 0 aromatic carbocycles. The Morgan fingerprint density at radius 3 is 2.95 bits per heavy atom. The van der Waals surface area contributed by atoms with Gasteiger partial charge in [0.2, 0.25) is 11.8 Å². The van der Waals surface area contributed by atoms with Crippen LogP contribution in [0.1, 0.15) is 27.2 Å². The lowest BCUT2D eigenvalue weighted by Crippen LogP contribution is -2.31. The predicted molar refractivity (Wildman–Crippen MR) is 90.2 cm³/mol. The quantitative estimate of drug-likeness (QED) is 0.768. The Kier molecular flexibility index (Phi) is 7.16. The molecule has 2 atom stereocenters. The Morgan fingerprint density at radius 2 is 2.36 bits per heavy atom. The van der Waals surface area contributed by atoms with Gasteiger partial charge in [0, 0.05) is 30.4 Å². The van der Waals surface area contributed by atoms with E-state index in [9.17, 15) is 4.79 Å². The number of nitrogens with zero attached hydrogens (tertiary/aromatic N) is 2. The van der Waals surface area contributed by atoms with Crippen molar-refractivity contribution in [2.24, 2.45) is 4.99 Å². The number of ether oxygens (including phenoxy) is 1. The van der Waals surface area contributed by atoms with E-state index < -0.39 is 0 Å². The van der Waals surface area contributed by atoms with Gasteiger partial charge in [-0.2, -0.15) is 0 Å². The average Bonchev–Trinajstić information content (AvgIpc) is 2.47. The van der Waals surface area contributed by atoms with Crippen molar-refractivity contribution < 1.29 is 9.53 Å². The lowest BCUT2D eigenvalue weighted by molar-refractivity contribution is -0.120. The van der Waals surface area contributed by atoms with E-state index in [2.05, 4.69) is 16.9 Å². The maximum Gasteiger partial charge on any atom is 0.224 e. The van der Waals surface area contributed by atoms with Crippen LogP contribution in [0.4, 0.5) is 0 Å². The summed E-state index contributed by atoms with van der Waals surface area (Å²) in [7, 11) is 1.60. The fourth-order valence-electron chi connectivity index (χ4n) is 2.06. The smallest absolute Gasteiger partial charge is 0.224 e. The van der Waals surface area contributed by atoms with Crippen LogP contribution in [0.2, 0.25) is 0 Å². The van der Waals surface area contributed by atoms with Gasteiger partial charge < -0.3 is 15.0 Å². The van der Waals surface area contributed by atoms with Gasteiger partial charge in [0.1, 0.15) is 6.17 Å². The lowest BCUT2D eigenvalue weighted by Gasteiger charge is -2.29. The summed E-state index contributed by atoms with van der Waals surface area (Å²) in [6.45, 7) is 9.47. The van der Waals surface area contributed by atoms with E-state index in [-0.39, 0.29) is 18.1 Å². The Bertz CT molecular complexity index is 518. The topological polar surface area (TPSA) is 53.9 Å². The molecule has 1 N–H and O–H groups in total. The van der Waals surface area contributed by atoms with Crippen LogP contribution >= 0.6 is 0 Å². The third-order valence-electron chi connectivity index (χ3n) is 3.16. The molecule has 1 rings (SSSR count). The first kappa shape index (κ1) is 17.8. The molecular weight excluding hydrogens is 278 g/mol. The molecule has 1 amide bonds. The summed E-state index contributed by atoms with van der Waals surface area (Å²) in [4.78, 5) is 18.2. The number of nitrogens with one attached hydrogen (secondary N) is 1. The van der Waals surface area contributed by atoms with Crippen LogP contribution in [0.25, 0.3) is 0 Å². The first-order chi connectivity index (χ1) is 10.5. The predicted octanol–water partition coefficient (Wildman–Crippen LogP) is 2.75. The summed E-state index contributed by atoms with van der Waals surface area (Å²) in [5.41, 5.74) is 1.03. The zero-order valence-electron chi connectivity index (χ0n) is 13.7. The van der Waals surface area contributed by atoms with Crippen LogP contribution in [0.15, 0.2) is 53.8 Å². The standard InChI is InChI=1S/C17H25N3O2/c1-6-7-9-13(2)18-16(21)10-8-11-20-14(3)12-17(22-5)19-15(20)4/h6-9,11-13,15H,1,10H2,2-5H3,(H,18,21)/b9-7-,11-8-. The fraction of sp³-hybridized carbons (Fsp3) is 0.412. The molecule has 0 saturated heterocycles. The van der Waals surface area contributed by atoms with E-state index in [1.54, 1.807) is 13.2 Å². The Morgan fingerprint density at radius 1 is 1.64 bits per heavy atom. The lowest BCUT2D eigenvalue weighted by atomic mass is 10.2. The minimum absolute atomic E-state index is 0.0108. The molecule has 120 valence electrons. The third-order valence-corrected chi connectivity index (χ3v) is 3.16. The molecule has 0 spiro atoms. The van der Waals surface area contributed by atoms with E-state index in [1.807, 2.05) is 56.2 Å². The Hall–Kier alpha value is -2.30. The normalized spacial score (nSPS) is 19.8.